The molecule has 4 aliphatic rings. The quantitative estimate of drug-likeness (QED) is 0.605. The average Bonchev–Trinajstić information content (AvgIpc) is 3.28. The maximum atomic E-state index is 14.2. The molecular formula is C27H39FN2O6. The normalized spacial score (nSPS) is 27.2. The standard InChI is InChI=1S/C27H39FN2O6/c1-26(2,3)36-25(31)30-17-27(18-30)13-21(14-35-27)29-8-6-19(7-9-29)23-12-20(28)4-5-24(23)34-16-22-15-32-10-11-33-22/h4-5,12,19,21-22H,6-11,13-18H2,1-3H3/t21-,22?/m0/s1. The van der Waals surface area contributed by atoms with Gasteiger partial charge in [-0.2, -0.15) is 0 Å². The van der Waals surface area contributed by atoms with Gasteiger partial charge in [0.25, 0.3) is 0 Å². The molecule has 1 spiro atoms. The number of amides is 1. The van der Waals surface area contributed by atoms with Gasteiger partial charge in [-0.15, -0.1) is 0 Å². The molecular weight excluding hydrogens is 467 g/mol. The van der Waals surface area contributed by atoms with Crippen molar-refractivity contribution in [2.75, 3.05) is 59.2 Å². The van der Waals surface area contributed by atoms with Gasteiger partial charge in [0.15, 0.2) is 0 Å². The lowest BCUT2D eigenvalue weighted by molar-refractivity contribution is -0.109. The van der Waals surface area contributed by atoms with Crippen molar-refractivity contribution in [1.29, 1.82) is 0 Å². The van der Waals surface area contributed by atoms with E-state index in [1.807, 2.05) is 20.8 Å². The highest BCUT2D eigenvalue weighted by atomic mass is 19.1. The number of nitrogens with zero attached hydrogens (tertiary/aromatic N) is 2. The third kappa shape index (κ3) is 5.96. The van der Waals surface area contributed by atoms with Crippen LogP contribution in [0.25, 0.3) is 0 Å². The number of hydrogen-bond acceptors (Lipinski definition) is 7. The summed E-state index contributed by atoms with van der Waals surface area (Å²) in [5.74, 6) is 0.754. The van der Waals surface area contributed by atoms with Gasteiger partial charge in [0.2, 0.25) is 0 Å². The van der Waals surface area contributed by atoms with Crippen LogP contribution >= 0.6 is 0 Å². The van der Waals surface area contributed by atoms with Gasteiger partial charge < -0.3 is 28.6 Å². The Hall–Kier alpha value is -1.94. The Kier molecular flexibility index (Phi) is 7.45. The third-order valence-corrected chi connectivity index (χ3v) is 7.57. The first-order valence-electron chi connectivity index (χ1n) is 13.2. The van der Waals surface area contributed by atoms with E-state index in [2.05, 4.69) is 4.90 Å². The van der Waals surface area contributed by atoms with E-state index in [4.69, 9.17) is 23.7 Å². The monoisotopic (exact) mass is 506 g/mol. The Bertz CT molecular complexity index is 917. The first-order chi connectivity index (χ1) is 17.2. The number of hydrogen-bond donors (Lipinski definition) is 0. The van der Waals surface area contributed by atoms with Gasteiger partial charge in [0.1, 0.15) is 35.5 Å². The van der Waals surface area contributed by atoms with Crippen LogP contribution in [0.1, 0.15) is 51.5 Å². The smallest absolute Gasteiger partial charge is 0.410 e. The number of carbonyl (C=O) groups is 1. The number of ether oxygens (including phenoxy) is 5. The maximum absolute atomic E-state index is 14.2. The summed E-state index contributed by atoms with van der Waals surface area (Å²) in [6, 6.07) is 5.17. The van der Waals surface area contributed by atoms with Crippen molar-refractivity contribution in [2.45, 2.75) is 69.3 Å². The van der Waals surface area contributed by atoms with E-state index in [1.54, 1.807) is 17.0 Å². The Morgan fingerprint density at radius 2 is 1.94 bits per heavy atom. The summed E-state index contributed by atoms with van der Waals surface area (Å²) in [7, 11) is 0. The van der Waals surface area contributed by atoms with Crippen LogP contribution in [-0.2, 0) is 18.9 Å². The minimum absolute atomic E-state index is 0.0917. The molecule has 0 aromatic heterocycles. The molecule has 0 saturated carbocycles. The molecule has 1 amide bonds. The molecule has 4 saturated heterocycles. The van der Waals surface area contributed by atoms with E-state index in [-0.39, 0.29) is 29.5 Å². The number of benzene rings is 1. The molecule has 1 unspecified atom stereocenters. The molecule has 9 heteroatoms. The first-order valence-corrected chi connectivity index (χ1v) is 13.2. The van der Waals surface area contributed by atoms with Crippen molar-refractivity contribution in [2.24, 2.45) is 0 Å². The van der Waals surface area contributed by atoms with Crippen LogP contribution in [0.3, 0.4) is 0 Å². The molecule has 8 nitrogen and oxygen atoms in total. The van der Waals surface area contributed by atoms with Crippen LogP contribution in [0, 0.1) is 5.82 Å². The Morgan fingerprint density at radius 1 is 1.17 bits per heavy atom. The van der Waals surface area contributed by atoms with Gasteiger partial charge in [-0.25, -0.2) is 9.18 Å². The molecule has 0 bridgehead atoms. The molecule has 1 aromatic carbocycles. The molecule has 200 valence electrons. The summed E-state index contributed by atoms with van der Waals surface area (Å²) in [5, 5.41) is 0. The number of carbonyl (C=O) groups excluding carboxylic acids is 1. The van der Waals surface area contributed by atoms with Crippen LogP contribution in [0.2, 0.25) is 0 Å². The zero-order valence-corrected chi connectivity index (χ0v) is 21.7. The number of halogens is 1. The predicted molar refractivity (Wildman–Crippen MR) is 131 cm³/mol. The van der Waals surface area contributed by atoms with Crippen LogP contribution in [0.5, 0.6) is 5.75 Å². The molecule has 5 rings (SSSR count). The Labute approximate surface area is 212 Å². The minimum atomic E-state index is -0.492. The zero-order valence-electron chi connectivity index (χ0n) is 21.7. The Balaban J connectivity index is 1.12. The predicted octanol–water partition coefficient (Wildman–Crippen LogP) is 3.58. The molecule has 4 heterocycles. The minimum Gasteiger partial charge on any atom is -0.490 e. The molecule has 2 atom stereocenters. The van der Waals surface area contributed by atoms with E-state index in [0.717, 1.165) is 43.7 Å². The number of piperidine rings is 1. The molecule has 0 radical (unpaired) electrons. The third-order valence-electron chi connectivity index (χ3n) is 7.57. The molecule has 4 aliphatic heterocycles. The first kappa shape index (κ1) is 25.7. The van der Waals surface area contributed by atoms with Gasteiger partial charge in [0, 0.05) is 11.6 Å². The van der Waals surface area contributed by atoms with Gasteiger partial charge >= 0.3 is 6.09 Å². The lowest BCUT2D eigenvalue weighted by atomic mass is 9.86. The second-order valence-electron chi connectivity index (χ2n) is 11.6. The van der Waals surface area contributed by atoms with E-state index >= 15 is 0 Å². The second-order valence-corrected chi connectivity index (χ2v) is 11.6. The van der Waals surface area contributed by atoms with E-state index in [1.165, 1.54) is 6.07 Å². The summed E-state index contributed by atoms with van der Waals surface area (Å²) in [5.41, 5.74) is 0.207. The zero-order chi connectivity index (χ0) is 25.3. The molecule has 4 fully saturated rings. The summed E-state index contributed by atoms with van der Waals surface area (Å²) in [4.78, 5) is 16.5. The molecule has 0 N–H and O–H groups in total. The van der Waals surface area contributed by atoms with Crippen LogP contribution in [0.15, 0.2) is 18.2 Å². The van der Waals surface area contributed by atoms with Gasteiger partial charge in [-0.3, -0.25) is 4.90 Å². The average molecular weight is 507 g/mol. The highest BCUT2D eigenvalue weighted by Gasteiger charge is 2.53. The number of likely N-dealkylation sites (tertiary alicyclic amines) is 2. The van der Waals surface area contributed by atoms with Crippen molar-refractivity contribution in [3.63, 3.8) is 0 Å². The van der Waals surface area contributed by atoms with Crippen molar-refractivity contribution in [3.05, 3.63) is 29.6 Å². The summed E-state index contributed by atoms with van der Waals surface area (Å²) < 4.78 is 43.1. The fourth-order valence-electron chi connectivity index (χ4n) is 5.74. The largest absolute Gasteiger partial charge is 0.490 e. The van der Waals surface area contributed by atoms with Crippen LogP contribution in [-0.4, -0.2) is 98.5 Å². The second kappa shape index (κ2) is 10.4. The summed E-state index contributed by atoms with van der Waals surface area (Å²) in [6.07, 6.45) is 2.45. The SMILES string of the molecule is CC(C)(C)OC(=O)N1CC2(C[C@H](N3CCC(c4cc(F)ccc4OCC4COCCO4)CC3)CO2)C1. The van der Waals surface area contributed by atoms with Gasteiger partial charge in [0.05, 0.1) is 39.5 Å². The fourth-order valence-corrected chi connectivity index (χ4v) is 5.74. The van der Waals surface area contributed by atoms with E-state index in [0.29, 0.717) is 52.2 Å². The van der Waals surface area contributed by atoms with Crippen LogP contribution < -0.4 is 4.74 Å². The van der Waals surface area contributed by atoms with Crippen LogP contribution in [0.4, 0.5) is 9.18 Å². The van der Waals surface area contributed by atoms with Gasteiger partial charge in [-0.1, -0.05) is 0 Å². The van der Waals surface area contributed by atoms with E-state index in [9.17, 15) is 9.18 Å². The van der Waals surface area contributed by atoms with Gasteiger partial charge in [-0.05, 0) is 77.2 Å². The fraction of sp³-hybridized carbons (Fsp3) is 0.741. The summed E-state index contributed by atoms with van der Waals surface area (Å²) in [6.45, 7) is 11.5. The van der Waals surface area contributed by atoms with Crippen molar-refractivity contribution in [3.8, 4) is 5.75 Å². The lowest BCUT2D eigenvalue weighted by Crippen LogP contribution is -2.64. The van der Waals surface area contributed by atoms with Crippen molar-refractivity contribution in [1.82, 2.24) is 9.80 Å². The Morgan fingerprint density at radius 3 is 2.64 bits per heavy atom. The number of rotatable bonds is 5. The topological polar surface area (TPSA) is 69.7 Å². The molecule has 0 aliphatic carbocycles. The molecule has 1 aromatic rings. The maximum Gasteiger partial charge on any atom is 0.410 e. The molecule has 36 heavy (non-hydrogen) atoms. The highest BCUT2D eigenvalue weighted by Crippen LogP contribution is 2.40. The highest BCUT2D eigenvalue weighted by molar-refractivity contribution is 5.69. The summed E-state index contributed by atoms with van der Waals surface area (Å²) >= 11 is 0. The van der Waals surface area contributed by atoms with Crippen molar-refractivity contribution < 1.29 is 32.9 Å². The lowest BCUT2D eigenvalue weighted by Gasteiger charge is -2.47. The van der Waals surface area contributed by atoms with E-state index < -0.39 is 5.60 Å². The van der Waals surface area contributed by atoms with Crippen molar-refractivity contribution >= 4 is 6.09 Å².